The van der Waals surface area contributed by atoms with Crippen LogP contribution >= 0.6 is 19.2 Å². The van der Waals surface area contributed by atoms with Gasteiger partial charge in [-0.15, -0.1) is 0 Å². The predicted octanol–water partition coefficient (Wildman–Crippen LogP) is 3.96. The predicted molar refractivity (Wildman–Crippen MR) is 181 cm³/mol. The molecule has 4 atom stereocenters. The average Bonchev–Trinajstić information content (AvgIpc) is 3.41. The second-order valence-electron chi connectivity index (χ2n) is 13.5. The Morgan fingerprint density at radius 1 is 0.981 bits per heavy atom. The lowest BCUT2D eigenvalue weighted by Crippen LogP contribution is -2.44. The molecule has 3 heterocycles. The van der Waals surface area contributed by atoms with E-state index in [0.29, 0.717) is 11.3 Å². The van der Waals surface area contributed by atoms with Crippen molar-refractivity contribution in [3.8, 4) is 0 Å². The second-order valence-corrected chi connectivity index (χ2v) is 15.9. The van der Waals surface area contributed by atoms with Crippen LogP contribution in [0.4, 0.5) is 15.4 Å². The van der Waals surface area contributed by atoms with E-state index in [4.69, 9.17) is 44.3 Å². The Balaban J connectivity index is 1.28. The van der Waals surface area contributed by atoms with Crippen molar-refractivity contribution in [2.75, 3.05) is 38.2 Å². The number of anilines is 1. The van der Waals surface area contributed by atoms with Gasteiger partial charge in [0.1, 0.15) is 24.5 Å². The molecule has 2 saturated carbocycles. The Labute approximate surface area is 305 Å². The number of aliphatic hydroxyl groups is 2. The minimum atomic E-state index is -4.46. The fraction of sp³-hybridized carbons (Fsp3) is 0.742. The van der Waals surface area contributed by atoms with E-state index in [9.17, 15) is 29.2 Å². The first kappa shape index (κ1) is 39.9. The summed E-state index contributed by atoms with van der Waals surface area (Å²) in [4.78, 5) is 51.9. The zero-order chi connectivity index (χ0) is 37.6. The van der Waals surface area contributed by atoms with E-state index >= 15 is 0 Å². The summed E-state index contributed by atoms with van der Waals surface area (Å²) in [6, 6.07) is 0.211. The Kier molecular flexibility index (Phi) is 13.6. The van der Waals surface area contributed by atoms with Gasteiger partial charge in [0.25, 0.3) is 0 Å². The Morgan fingerprint density at radius 2 is 1.60 bits per heavy atom. The molecular formula is C31H46ClN6O13P. The molecule has 19 nitrogen and oxygen atoms in total. The van der Waals surface area contributed by atoms with Gasteiger partial charge in [0.15, 0.2) is 23.2 Å². The quantitative estimate of drug-likeness (QED) is 0.0893. The molecule has 3 N–H and O–H groups in total. The van der Waals surface area contributed by atoms with E-state index in [1.807, 2.05) is 0 Å². The third-order valence-corrected chi connectivity index (χ3v) is 10.3. The number of hydrogen-bond acceptors (Lipinski definition) is 17. The summed E-state index contributed by atoms with van der Waals surface area (Å²) in [5.74, 6) is -0.145. The lowest BCUT2D eigenvalue weighted by atomic mass is 10.1. The van der Waals surface area contributed by atoms with Crippen molar-refractivity contribution >= 4 is 54.4 Å². The van der Waals surface area contributed by atoms with Crippen LogP contribution in [0.3, 0.4) is 0 Å². The highest BCUT2D eigenvalue weighted by atomic mass is 35.5. The van der Waals surface area contributed by atoms with Crippen molar-refractivity contribution < 1.29 is 61.9 Å². The van der Waals surface area contributed by atoms with Gasteiger partial charge >= 0.3 is 19.9 Å². The van der Waals surface area contributed by atoms with E-state index in [1.165, 1.54) is 15.8 Å². The summed E-state index contributed by atoms with van der Waals surface area (Å²) >= 11 is 6.28. The van der Waals surface area contributed by atoms with Crippen LogP contribution in [0, 0.1) is 5.92 Å². The molecule has 2 aliphatic carbocycles. The molecule has 3 fully saturated rings. The number of hydrogen-bond donors (Lipinski definition) is 3. The number of rotatable bonds is 17. The monoisotopic (exact) mass is 776 g/mol. The molecule has 2 aromatic rings. The molecule has 0 radical (unpaired) electrons. The third-order valence-electron chi connectivity index (χ3n) is 8.48. The van der Waals surface area contributed by atoms with E-state index in [1.54, 1.807) is 27.7 Å². The largest absolute Gasteiger partial charge is 0.510 e. The topological polar surface area (TPSA) is 232 Å². The van der Waals surface area contributed by atoms with Crippen LogP contribution < -0.4 is 5.32 Å². The molecule has 52 heavy (non-hydrogen) atoms. The molecule has 0 bridgehead atoms. The van der Waals surface area contributed by atoms with Gasteiger partial charge in [-0.2, -0.15) is 9.97 Å². The Bertz CT molecular complexity index is 1570. The first-order chi connectivity index (χ1) is 24.7. The zero-order valence-electron chi connectivity index (χ0n) is 29.4. The number of aliphatic hydroxyl groups excluding tert-OH is 2. The minimum absolute atomic E-state index is 0.0427. The number of imidazole rings is 1. The van der Waals surface area contributed by atoms with Gasteiger partial charge in [-0.3, -0.25) is 23.0 Å². The number of fused-ring (bicyclic) bond motifs is 1. The minimum Gasteiger partial charge on any atom is -0.432 e. The summed E-state index contributed by atoms with van der Waals surface area (Å²) in [6.07, 6.45) is -2.02. The van der Waals surface area contributed by atoms with Gasteiger partial charge in [0.05, 0.1) is 18.5 Å². The molecule has 290 valence electrons. The highest BCUT2D eigenvalue weighted by molar-refractivity contribution is 7.54. The molecule has 0 unspecified atom stereocenters. The summed E-state index contributed by atoms with van der Waals surface area (Å²) in [7, 11) is -4.46. The maximum absolute atomic E-state index is 13.8. The van der Waals surface area contributed by atoms with Crippen LogP contribution in [0.1, 0.15) is 72.4 Å². The number of ether oxygens (including phenoxy) is 5. The van der Waals surface area contributed by atoms with Crippen LogP contribution in [0.5, 0.6) is 0 Å². The van der Waals surface area contributed by atoms with Crippen molar-refractivity contribution in [3.05, 3.63) is 11.6 Å². The van der Waals surface area contributed by atoms with Gasteiger partial charge in [-0.25, -0.2) is 14.6 Å². The van der Waals surface area contributed by atoms with E-state index in [2.05, 4.69) is 20.3 Å². The fourth-order valence-corrected chi connectivity index (χ4v) is 7.19. The number of nitrogens with zero attached hydrogens (tertiary/aromatic N) is 5. The van der Waals surface area contributed by atoms with Crippen molar-refractivity contribution in [3.63, 3.8) is 0 Å². The average molecular weight is 777 g/mol. The standard InChI is InChI=1S/C31H46ClN6O13P/c1-17(2)49-30(42)45-15-47-52(44,48-16-46-31(43)50-18(3)4)13-22(39)37(11-19-9-10-19)12-21-24(40)25(41)28(51-21)38-14-33-23-26(34-20-7-5-6-8-20)35-29(32)36-27(23)38/h14,17-21,24-25,28,40-41H,5-13,15-16H2,1-4H3,(H,34,35,36)/t21-,24-,25-,28-/m1/s1. The maximum Gasteiger partial charge on any atom is 0.510 e. The lowest BCUT2D eigenvalue weighted by Gasteiger charge is -2.28. The highest BCUT2D eigenvalue weighted by Gasteiger charge is 2.46. The van der Waals surface area contributed by atoms with Crippen molar-refractivity contribution in [2.45, 2.75) is 109 Å². The van der Waals surface area contributed by atoms with Crippen LogP contribution in [0.25, 0.3) is 11.2 Å². The summed E-state index contributed by atoms with van der Waals surface area (Å²) in [5, 5.41) is 25.6. The molecule has 2 aromatic heterocycles. The van der Waals surface area contributed by atoms with Gasteiger partial charge in [0.2, 0.25) is 24.8 Å². The Morgan fingerprint density at radius 3 is 2.17 bits per heavy atom. The molecular weight excluding hydrogens is 731 g/mol. The lowest BCUT2D eigenvalue weighted by molar-refractivity contribution is -0.132. The van der Waals surface area contributed by atoms with Crippen molar-refractivity contribution in [1.29, 1.82) is 0 Å². The number of carbonyl (C=O) groups is 3. The molecule has 1 amide bonds. The number of halogens is 1. The molecule has 3 aliphatic rings. The van der Waals surface area contributed by atoms with E-state index in [0.717, 1.165) is 38.5 Å². The molecule has 5 rings (SSSR count). The smallest absolute Gasteiger partial charge is 0.432 e. The van der Waals surface area contributed by atoms with Crippen LogP contribution in [-0.4, -0.2) is 122 Å². The molecule has 21 heteroatoms. The molecule has 1 aliphatic heterocycles. The van der Waals surface area contributed by atoms with Crippen molar-refractivity contribution in [1.82, 2.24) is 24.4 Å². The molecule has 1 saturated heterocycles. The number of nitrogens with one attached hydrogen (secondary N) is 1. The number of amides is 1. The molecule has 0 spiro atoms. The Hall–Kier alpha value is -3.32. The third kappa shape index (κ3) is 10.9. The normalized spacial score (nSPS) is 22.2. The summed E-state index contributed by atoms with van der Waals surface area (Å²) < 4.78 is 51.2. The zero-order valence-corrected chi connectivity index (χ0v) is 31.1. The highest BCUT2D eigenvalue weighted by Crippen LogP contribution is 2.48. The SMILES string of the molecule is CC(C)OC(=O)OCOP(=O)(CC(=O)N(CC1CC1)C[C@H]1O[C@@H](n2cnc3c(NC4CCCC4)nc(Cl)nc32)[C@H](O)[C@@H]1O)OCOC(=O)OC(C)C. The van der Waals surface area contributed by atoms with Crippen molar-refractivity contribution in [2.24, 2.45) is 5.92 Å². The first-order valence-corrected chi connectivity index (χ1v) is 19.3. The number of carbonyl (C=O) groups excluding carboxylic acids is 3. The second kappa shape index (κ2) is 17.7. The fourth-order valence-electron chi connectivity index (χ4n) is 5.81. The van der Waals surface area contributed by atoms with E-state index in [-0.39, 0.29) is 36.0 Å². The summed E-state index contributed by atoms with van der Waals surface area (Å²) in [5.41, 5.74) is 0.687. The number of aromatic nitrogens is 4. The van der Waals surface area contributed by atoms with Gasteiger partial charge in [-0.1, -0.05) is 12.8 Å². The van der Waals surface area contributed by atoms with Crippen LogP contribution in [0.2, 0.25) is 5.28 Å². The van der Waals surface area contributed by atoms with Gasteiger partial charge in [-0.05, 0) is 70.9 Å². The van der Waals surface area contributed by atoms with E-state index < -0.39 is 82.3 Å². The summed E-state index contributed by atoms with van der Waals surface area (Å²) in [6.45, 7) is 4.57. The van der Waals surface area contributed by atoms with Gasteiger partial charge in [0, 0.05) is 19.1 Å². The maximum atomic E-state index is 13.8. The first-order valence-electron chi connectivity index (χ1n) is 17.2. The van der Waals surface area contributed by atoms with Crippen LogP contribution in [-0.2, 0) is 42.1 Å². The molecule has 0 aromatic carbocycles. The van der Waals surface area contributed by atoms with Crippen LogP contribution in [0.15, 0.2) is 6.33 Å². The van der Waals surface area contributed by atoms with Gasteiger partial charge < -0.3 is 44.1 Å².